The number of hydrogen-bond acceptors (Lipinski definition) is 3. The Morgan fingerprint density at radius 1 is 0.897 bits per heavy atom. The third kappa shape index (κ3) is 3.75. The standard InChI is InChI=1S/C23H17IN2O3/c24-29-21-18-13-7-8-14-19(18)26(17-11-5-2-6-12-17)23(28)20(21)22(27)25-15-16-9-3-1-4-10-16/h1-14H,15H2,(H,25,27). The lowest BCUT2D eigenvalue weighted by Gasteiger charge is -2.16. The molecule has 0 saturated heterocycles. The first kappa shape index (κ1) is 19.2. The topological polar surface area (TPSA) is 60.3 Å². The molecule has 0 unspecified atom stereocenters. The first-order valence-corrected chi connectivity index (χ1v) is 9.92. The number of halogens is 1. The number of carbonyl (C=O) groups is 1. The van der Waals surface area contributed by atoms with Crippen LogP contribution in [0.1, 0.15) is 15.9 Å². The van der Waals surface area contributed by atoms with Crippen LogP contribution in [0.3, 0.4) is 0 Å². The second-order valence-corrected chi connectivity index (χ2v) is 6.88. The molecule has 4 aromatic rings. The van der Waals surface area contributed by atoms with Crippen molar-refractivity contribution < 1.29 is 7.86 Å². The highest BCUT2D eigenvalue weighted by molar-refractivity contribution is 14.1. The number of hydrogen-bond donors (Lipinski definition) is 1. The summed E-state index contributed by atoms with van der Waals surface area (Å²) in [6.07, 6.45) is 0. The van der Waals surface area contributed by atoms with Gasteiger partial charge >= 0.3 is 0 Å². The van der Waals surface area contributed by atoms with Crippen molar-refractivity contribution in [1.82, 2.24) is 9.88 Å². The molecule has 144 valence electrons. The fourth-order valence-corrected chi connectivity index (χ4v) is 3.75. The van der Waals surface area contributed by atoms with Crippen LogP contribution in [0.5, 0.6) is 5.75 Å². The van der Waals surface area contributed by atoms with Gasteiger partial charge < -0.3 is 8.38 Å². The number of benzene rings is 3. The number of para-hydroxylation sites is 2. The molecule has 1 aromatic heterocycles. The highest BCUT2D eigenvalue weighted by Gasteiger charge is 2.24. The zero-order valence-corrected chi connectivity index (χ0v) is 17.5. The maximum atomic E-state index is 13.4. The van der Waals surface area contributed by atoms with Gasteiger partial charge in [-0.3, -0.25) is 14.2 Å². The molecule has 0 bridgehead atoms. The normalized spacial score (nSPS) is 10.7. The Balaban J connectivity index is 1.88. The van der Waals surface area contributed by atoms with Crippen LogP contribution >= 0.6 is 23.0 Å². The van der Waals surface area contributed by atoms with Crippen molar-refractivity contribution in [2.45, 2.75) is 6.54 Å². The van der Waals surface area contributed by atoms with E-state index in [0.29, 0.717) is 23.1 Å². The van der Waals surface area contributed by atoms with E-state index in [9.17, 15) is 9.59 Å². The van der Waals surface area contributed by atoms with Gasteiger partial charge in [0.05, 0.1) is 5.52 Å². The third-order valence-electron chi connectivity index (χ3n) is 4.65. The maximum Gasteiger partial charge on any atom is 0.272 e. The zero-order valence-electron chi connectivity index (χ0n) is 15.3. The summed E-state index contributed by atoms with van der Waals surface area (Å²) in [7, 11) is 0. The first-order valence-electron chi connectivity index (χ1n) is 9.04. The Morgan fingerprint density at radius 2 is 1.52 bits per heavy atom. The lowest BCUT2D eigenvalue weighted by molar-refractivity contribution is 0.0948. The Labute approximate surface area is 181 Å². The Morgan fingerprint density at radius 3 is 2.21 bits per heavy atom. The third-order valence-corrected chi connectivity index (χ3v) is 5.09. The molecule has 1 heterocycles. The van der Waals surface area contributed by atoms with Gasteiger partial charge in [-0.1, -0.05) is 60.7 Å². The van der Waals surface area contributed by atoms with Gasteiger partial charge in [-0.05, 0) is 29.8 Å². The molecule has 4 rings (SSSR count). The minimum Gasteiger partial charge on any atom is -0.426 e. The molecule has 0 fully saturated rings. The summed E-state index contributed by atoms with van der Waals surface area (Å²) in [4.78, 5) is 26.5. The fraction of sp³-hybridized carbons (Fsp3) is 0.0435. The molecular weight excluding hydrogens is 479 g/mol. The monoisotopic (exact) mass is 496 g/mol. The summed E-state index contributed by atoms with van der Waals surface area (Å²) in [6.45, 7) is 0.317. The van der Waals surface area contributed by atoms with Gasteiger partial charge in [0.1, 0.15) is 5.56 Å². The van der Waals surface area contributed by atoms with E-state index < -0.39 is 11.5 Å². The molecule has 1 N–H and O–H groups in total. The average Bonchev–Trinajstić information content (AvgIpc) is 2.78. The first-order chi connectivity index (χ1) is 14.2. The fourth-order valence-electron chi connectivity index (χ4n) is 3.29. The van der Waals surface area contributed by atoms with E-state index in [1.54, 1.807) is 27.6 Å². The summed E-state index contributed by atoms with van der Waals surface area (Å²) in [5.74, 6) is -0.204. The molecule has 0 atom stereocenters. The minimum atomic E-state index is -0.471. The van der Waals surface area contributed by atoms with Crippen LogP contribution < -0.4 is 13.9 Å². The smallest absolute Gasteiger partial charge is 0.272 e. The average molecular weight is 496 g/mol. The summed E-state index contributed by atoms with van der Waals surface area (Å²) < 4.78 is 7.05. The summed E-state index contributed by atoms with van der Waals surface area (Å²) in [5, 5.41) is 3.53. The van der Waals surface area contributed by atoms with Gasteiger partial charge in [-0.15, -0.1) is 0 Å². The Bertz CT molecular complexity index is 1220. The number of carbonyl (C=O) groups excluding carboxylic acids is 1. The van der Waals surface area contributed by atoms with E-state index in [4.69, 9.17) is 3.07 Å². The SMILES string of the molecule is O=C(NCc1ccccc1)c1c(OI)c2ccccc2n(-c2ccccc2)c1=O. The van der Waals surface area contributed by atoms with E-state index in [1.807, 2.05) is 84.9 Å². The number of amides is 1. The number of nitrogens with zero attached hydrogens (tertiary/aromatic N) is 1. The quantitative estimate of drug-likeness (QED) is 0.410. The second kappa shape index (κ2) is 8.48. The van der Waals surface area contributed by atoms with Crippen LogP contribution in [0, 0.1) is 0 Å². The van der Waals surface area contributed by atoms with Crippen molar-refractivity contribution >= 4 is 39.8 Å². The number of pyridine rings is 1. The molecule has 0 radical (unpaired) electrons. The summed E-state index contributed by atoms with van der Waals surface area (Å²) in [5.41, 5.74) is 1.87. The Kier molecular flexibility index (Phi) is 5.62. The van der Waals surface area contributed by atoms with Crippen LogP contribution in [-0.4, -0.2) is 10.5 Å². The van der Waals surface area contributed by atoms with Crippen LogP contribution in [0.15, 0.2) is 89.7 Å². The van der Waals surface area contributed by atoms with Gasteiger partial charge in [-0.25, -0.2) is 0 Å². The predicted molar refractivity (Wildman–Crippen MR) is 122 cm³/mol. The lowest BCUT2D eigenvalue weighted by atomic mass is 10.1. The van der Waals surface area contributed by atoms with E-state index in [2.05, 4.69) is 5.32 Å². The van der Waals surface area contributed by atoms with E-state index in [1.165, 1.54) is 0 Å². The van der Waals surface area contributed by atoms with Crippen molar-refractivity contribution in [3.8, 4) is 11.4 Å². The summed E-state index contributed by atoms with van der Waals surface area (Å²) >= 11 is 1.72. The predicted octanol–water partition coefficient (Wildman–Crippen LogP) is 4.65. The van der Waals surface area contributed by atoms with E-state index in [0.717, 1.165) is 5.56 Å². The van der Waals surface area contributed by atoms with Gasteiger partial charge in [0.2, 0.25) is 0 Å². The van der Waals surface area contributed by atoms with Crippen molar-refractivity contribution in [3.63, 3.8) is 0 Å². The molecule has 1 amide bonds. The highest BCUT2D eigenvalue weighted by atomic mass is 127. The lowest BCUT2D eigenvalue weighted by Crippen LogP contribution is -2.33. The molecule has 5 nitrogen and oxygen atoms in total. The number of nitrogens with one attached hydrogen (secondary N) is 1. The minimum absolute atomic E-state index is 0.0158. The van der Waals surface area contributed by atoms with Crippen molar-refractivity contribution in [3.05, 3.63) is 106 Å². The molecule has 0 aliphatic rings. The largest absolute Gasteiger partial charge is 0.426 e. The molecule has 3 aromatic carbocycles. The maximum absolute atomic E-state index is 13.4. The van der Waals surface area contributed by atoms with Crippen molar-refractivity contribution in [2.24, 2.45) is 0 Å². The number of rotatable bonds is 5. The molecule has 0 aliphatic heterocycles. The molecule has 0 spiro atoms. The van der Waals surface area contributed by atoms with Gasteiger partial charge in [0.15, 0.2) is 28.8 Å². The molecule has 6 heteroatoms. The van der Waals surface area contributed by atoms with Crippen molar-refractivity contribution in [2.75, 3.05) is 0 Å². The molecular formula is C23H17IN2O3. The Hall–Kier alpha value is -3.13. The highest BCUT2D eigenvalue weighted by Crippen LogP contribution is 2.30. The van der Waals surface area contributed by atoms with E-state index in [-0.39, 0.29) is 11.3 Å². The van der Waals surface area contributed by atoms with Crippen molar-refractivity contribution in [1.29, 1.82) is 0 Å². The van der Waals surface area contributed by atoms with Crippen LogP contribution in [-0.2, 0) is 6.54 Å². The molecule has 29 heavy (non-hydrogen) atoms. The van der Waals surface area contributed by atoms with E-state index >= 15 is 0 Å². The second-order valence-electron chi connectivity index (χ2n) is 6.44. The molecule has 0 saturated carbocycles. The summed E-state index contributed by atoms with van der Waals surface area (Å²) in [6, 6.07) is 26.2. The van der Waals surface area contributed by atoms with Crippen LogP contribution in [0.2, 0.25) is 0 Å². The van der Waals surface area contributed by atoms with Gasteiger partial charge in [-0.2, -0.15) is 0 Å². The van der Waals surface area contributed by atoms with Gasteiger partial charge in [0.25, 0.3) is 11.5 Å². The van der Waals surface area contributed by atoms with Crippen LogP contribution in [0.4, 0.5) is 0 Å². The zero-order chi connectivity index (χ0) is 20.2. The number of fused-ring (bicyclic) bond motifs is 1. The van der Waals surface area contributed by atoms with Crippen LogP contribution in [0.25, 0.3) is 16.6 Å². The van der Waals surface area contributed by atoms with Gasteiger partial charge in [0, 0.05) is 17.6 Å². The molecule has 0 aliphatic carbocycles. The number of aromatic nitrogens is 1.